The summed E-state index contributed by atoms with van der Waals surface area (Å²) in [4.78, 5) is 0. The van der Waals surface area contributed by atoms with Crippen LogP contribution in [0.25, 0.3) is 0 Å². The van der Waals surface area contributed by atoms with Gasteiger partial charge in [0.05, 0.1) is 0 Å². The van der Waals surface area contributed by atoms with Gasteiger partial charge in [-0.1, -0.05) is 5.21 Å². The average Bonchev–Trinajstić information content (AvgIpc) is 2.67. The molecular formula is C9H15F3N4O. The smallest absolute Gasteiger partial charge is 0.385 e. The summed E-state index contributed by atoms with van der Waals surface area (Å²) in [6, 6.07) is 0. The van der Waals surface area contributed by atoms with Crippen molar-refractivity contribution in [2.45, 2.75) is 32.1 Å². The van der Waals surface area contributed by atoms with E-state index in [9.17, 15) is 13.2 Å². The van der Waals surface area contributed by atoms with E-state index in [1.54, 1.807) is 7.11 Å². The number of unbranched alkanes of at least 4 members (excludes halogenated alkanes) is 1. The zero-order valence-electron chi connectivity index (χ0n) is 9.50. The number of ether oxygens (including phenoxy) is 1. The largest absolute Gasteiger partial charge is 0.434 e. The number of nitrogens with zero attached hydrogens (tertiary/aromatic N) is 3. The third-order valence-electron chi connectivity index (χ3n) is 2.24. The van der Waals surface area contributed by atoms with Crippen LogP contribution in [0.4, 0.5) is 13.2 Å². The summed E-state index contributed by atoms with van der Waals surface area (Å²) in [5.74, 6) is 0. The molecule has 0 aliphatic heterocycles. The molecule has 17 heavy (non-hydrogen) atoms. The zero-order valence-corrected chi connectivity index (χ0v) is 9.50. The molecule has 1 rings (SSSR count). The molecule has 98 valence electrons. The normalized spacial score (nSPS) is 12.1. The molecule has 0 aliphatic rings. The van der Waals surface area contributed by atoms with Gasteiger partial charge in [-0.05, 0) is 12.8 Å². The van der Waals surface area contributed by atoms with Crippen molar-refractivity contribution >= 4 is 0 Å². The van der Waals surface area contributed by atoms with Crippen LogP contribution in [0.5, 0.6) is 0 Å². The van der Waals surface area contributed by atoms with Crippen molar-refractivity contribution in [1.29, 1.82) is 0 Å². The molecule has 0 saturated heterocycles. The fourth-order valence-electron chi connectivity index (χ4n) is 1.46. The number of rotatable bonds is 6. The minimum atomic E-state index is -4.47. The highest BCUT2D eigenvalue weighted by Crippen LogP contribution is 2.31. The maximum Gasteiger partial charge on any atom is 0.434 e. The van der Waals surface area contributed by atoms with Crippen molar-refractivity contribution in [3.63, 3.8) is 0 Å². The van der Waals surface area contributed by atoms with Crippen LogP contribution < -0.4 is 5.73 Å². The molecular weight excluding hydrogens is 237 g/mol. The Hall–Kier alpha value is -1.15. The summed E-state index contributed by atoms with van der Waals surface area (Å²) in [6.45, 7) is 0.401. The van der Waals surface area contributed by atoms with E-state index in [2.05, 4.69) is 10.3 Å². The van der Waals surface area contributed by atoms with Gasteiger partial charge in [0.1, 0.15) is 5.69 Å². The zero-order chi connectivity index (χ0) is 12.9. The molecule has 1 aromatic rings. The molecule has 1 heterocycles. The molecule has 0 bridgehead atoms. The predicted octanol–water partition coefficient (Wildman–Crippen LogP) is 1.18. The van der Waals surface area contributed by atoms with Gasteiger partial charge in [0.15, 0.2) is 5.69 Å². The first-order valence-electron chi connectivity index (χ1n) is 5.19. The molecule has 0 spiro atoms. The quantitative estimate of drug-likeness (QED) is 0.772. The number of nitrogens with two attached hydrogens (primary N) is 1. The molecule has 0 aliphatic carbocycles. The molecule has 5 nitrogen and oxygen atoms in total. The highest BCUT2D eigenvalue weighted by atomic mass is 19.4. The van der Waals surface area contributed by atoms with Crippen LogP contribution in [-0.2, 0) is 24.0 Å². The number of halogens is 3. The lowest BCUT2D eigenvalue weighted by Crippen LogP contribution is -2.18. The van der Waals surface area contributed by atoms with Crippen LogP contribution in [-0.4, -0.2) is 28.7 Å². The second kappa shape index (κ2) is 5.97. The van der Waals surface area contributed by atoms with Crippen molar-refractivity contribution in [2.75, 3.05) is 13.7 Å². The standard InChI is InChI=1S/C9H15F3N4O/c1-17-5-3-2-4-16-8(9(10,11)12)7(6-13)14-15-16/h2-6,13H2,1H3. The highest BCUT2D eigenvalue weighted by molar-refractivity contribution is 5.13. The second-order valence-electron chi connectivity index (χ2n) is 3.51. The first-order valence-corrected chi connectivity index (χ1v) is 5.19. The van der Waals surface area contributed by atoms with E-state index in [0.29, 0.717) is 19.4 Å². The third kappa shape index (κ3) is 3.67. The summed E-state index contributed by atoms with van der Waals surface area (Å²) in [6.07, 6.45) is -3.25. The Balaban J connectivity index is 2.75. The minimum absolute atomic E-state index is 0.158. The monoisotopic (exact) mass is 252 g/mol. The SMILES string of the molecule is COCCCCn1nnc(CN)c1C(F)(F)F. The fourth-order valence-corrected chi connectivity index (χ4v) is 1.46. The summed E-state index contributed by atoms with van der Waals surface area (Å²) in [7, 11) is 1.54. The molecule has 0 saturated carbocycles. The average molecular weight is 252 g/mol. The Kier molecular flexibility index (Phi) is 4.88. The number of methoxy groups -OCH3 is 1. The van der Waals surface area contributed by atoms with Crippen LogP contribution in [0.3, 0.4) is 0 Å². The molecule has 0 unspecified atom stereocenters. The number of hydrogen-bond acceptors (Lipinski definition) is 4. The van der Waals surface area contributed by atoms with Gasteiger partial charge in [0.2, 0.25) is 0 Å². The number of aromatic nitrogens is 3. The van der Waals surface area contributed by atoms with E-state index in [1.807, 2.05) is 0 Å². The van der Waals surface area contributed by atoms with Gasteiger partial charge < -0.3 is 10.5 Å². The Morgan fingerprint density at radius 2 is 2.06 bits per heavy atom. The molecule has 2 N–H and O–H groups in total. The van der Waals surface area contributed by atoms with Crippen LogP contribution >= 0.6 is 0 Å². The van der Waals surface area contributed by atoms with Crippen LogP contribution in [0.15, 0.2) is 0 Å². The molecule has 8 heteroatoms. The Morgan fingerprint density at radius 3 is 2.59 bits per heavy atom. The first kappa shape index (κ1) is 13.9. The van der Waals surface area contributed by atoms with Crippen molar-refractivity contribution < 1.29 is 17.9 Å². The van der Waals surface area contributed by atoms with Crippen LogP contribution in [0.1, 0.15) is 24.2 Å². The molecule has 0 fully saturated rings. The highest BCUT2D eigenvalue weighted by Gasteiger charge is 2.38. The van der Waals surface area contributed by atoms with Crippen molar-refractivity contribution in [3.05, 3.63) is 11.4 Å². The van der Waals surface area contributed by atoms with Gasteiger partial charge in [0.25, 0.3) is 0 Å². The second-order valence-corrected chi connectivity index (χ2v) is 3.51. The molecule has 0 amide bonds. The van der Waals surface area contributed by atoms with Crippen molar-refractivity contribution in [2.24, 2.45) is 5.73 Å². The lowest BCUT2D eigenvalue weighted by Gasteiger charge is -2.10. The van der Waals surface area contributed by atoms with Gasteiger partial charge >= 0.3 is 6.18 Å². The molecule has 1 aromatic heterocycles. The Labute approximate surface area is 96.7 Å². The lowest BCUT2D eigenvalue weighted by molar-refractivity contribution is -0.144. The topological polar surface area (TPSA) is 66.0 Å². The van der Waals surface area contributed by atoms with Crippen molar-refractivity contribution in [3.8, 4) is 0 Å². The first-order chi connectivity index (χ1) is 8.00. The maximum absolute atomic E-state index is 12.7. The summed E-state index contributed by atoms with van der Waals surface area (Å²) < 4.78 is 43.8. The van der Waals surface area contributed by atoms with Gasteiger partial charge in [-0.3, -0.25) is 0 Å². The van der Waals surface area contributed by atoms with E-state index in [4.69, 9.17) is 10.5 Å². The van der Waals surface area contributed by atoms with E-state index < -0.39 is 11.9 Å². The minimum Gasteiger partial charge on any atom is -0.385 e. The Bertz CT molecular complexity index is 351. The summed E-state index contributed by atoms with van der Waals surface area (Å²) in [5.41, 5.74) is 4.13. The fraction of sp³-hybridized carbons (Fsp3) is 0.778. The molecule has 0 radical (unpaired) electrons. The van der Waals surface area contributed by atoms with Crippen LogP contribution in [0, 0.1) is 0 Å². The number of hydrogen-bond donors (Lipinski definition) is 1. The van der Waals surface area contributed by atoms with Gasteiger partial charge in [-0.2, -0.15) is 13.2 Å². The van der Waals surface area contributed by atoms with E-state index in [-0.39, 0.29) is 18.8 Å². The van der Waals surface area contributed by atoms with E-state index in [1.165, 1.54) is 0 Å². The number of alkyl halides is 3. The summed E-state index contributed by atoms with van der Waals surface area (Å²) >= 11 is 0. The van der Waals surface area contributed by atoms with E-state index >= 15 is 0 Å². The van der Waals surface area contributed by atoms with E-state index in [0.717, 1.165) is 4.68 Å². The lowest BCUT2D eigenvalue weighted by atomic mass is 10.3. The van der Waals surface area contributed by atoms with Gasteiger partial charge in [-0.15, -0.1) is 5.10 Å². The Morgan fingerprint density at radius 1 is 1.35 bits per heavy atom. The molecule has 0 aromatic carbocycles. The maximum atomic E-state index is 12.7. The predicted molar refractivity (Wildman–Crippen MR) is 54.0 cm³/mol. The van der Waals surface area contributed by atoms with Gasteiger partial charge in [0, 0.05) is 26.8 Å². The van der Waals surface area contributed by atoms with Crippen LogP contribution in [0.2, 0.25) is 0 Å². The van der Waals surface area contributed by atoms with Gasteiger partial charge in [-0.25, -0.2) is 4.68 Å². The van der Waals surface area contributed by atoms with Crippen molar-refractivity contribution in [1.82, 2.24) is 15.0 Å². The third-order valence-corrected chi connectivity index (χ3v) is 2.24. The number of aryl methyl sites for hydroxylation is 1. The summed E-state index contributed by atoms with van der Waals surface area (Å²) in [5, 5.41) is 6.91. The molecule has 0 atom stereocenters.